The molecule has 0 atom stereocenters. The molecule has 2 aliphatic rings. The van der Waals surface area contributed by atoms with E-state index in [0.29, 0.717) is 45.6 Å². The van der Waals surface area contributed by atoms with Crippen molar-refractivity contribution in [3.63, 3.8) is 0 Å². The predicted octanol–water partition coefficient (Wildman–Crippen LogP) is 1.59. The zero-order valence-electron chi connectivity index (χ0n) is 17.2. The average Bonchev–Trinajstić information content (AvgIpc) is 2.74. The monoisotopic (exact) mass is 464 g/mol. The number of piperidine rings is 1. The maximum atomic E-state index is 13.1. The van der Waals surface area contributed by atoms with E-state index in [1.165, 1.54) is 12.1 Å². The first-order valence-corrected chi connectivity index (χ1v) is 9.86. The number of nitrogens with one attached hydrogen (secondary N) is 2. The molecule has 2 heterocycles. The molecule has 2 fully saturated rings. The van der Waals surface area contributed by atoms with Crippen LogP contribution in [0.25, 0.3) is 0 Å². The maximum Gasteiger partial charge on any atom is 0.252 e. The Morgan fingerprint density at radius 1 is 1.10 bits per heavy atom. The fourth-order valence-corrected chi connectivity index (χ4v) is 3.82. The topological polar surface area (TPSA) is 73.9 Å². The van der Waals surface area contributed by atoms with Crippen molar-refractivity contribution in [2.24, 2.45) is 0 Å². The molecule has 0 saturated carbocycles. The van der Waals surface area contributed by atoms with E-state index in [1.54, 1.807) is 19.2 Å². The van der Waals surface area contributed by atoms with Crippen molar-refractivity contribution >= 4 is 42.3 Å². The number of hydrogen-bond donors (Lipinski definition) is 2. The fraction of sp³-hybridized carbons (Fsp3) is 0.600. The van der Waals surface area contributed by atoms with Gasteiger partial charge < -0.3 is 25.2 Å². The van der Waals surface area contributed by atoms with E-state index in [1.807, 2.05) is 4.90 Å². The number of halogens is 3. The van der Waals surface area contributed by atoms with Crippen LogP contribution >= 0.6 is 24.8 Å². The Bertz CT molecular complexity index is 679. The van der Waals surface area contributed by atoms with Gasteiger partial charge in [0.2, 0.25) is 5.91 Å². The van der Waals surface area contributed by atoms with Crippen molar-refractivity contribution in [3.05, 3.63) is 30.1 Å². The minimum absolute atomic E-state index is 0. The third-order valence-corrected chi connectivity index (χ3v) is 5.66. The Labute approximate surface area is 189 Å². The lowest BCUT2D eigenvalue weighted by atomic mass is 9.91. The number of carbonyl (C=O) groups excluding carboxylic acids is 2. The Balaban J connectivity index is 0.00000225. The molecule has 0 radical (unpaired) electrons. The summed E-state index contributed by atoms with van der Waals surface area (Å²) in [7, 11) is 1.57. The van der Waals surface area contributed by atoms with Gasteiger partial charge in [0, 0.05) is 51.9 Å². The molecule has 7 nitrogen and oxygen atoms in total. The van der Waals surface area contributed by atoms with Crippen molar-refractivity contribution in [1.82, 2.24) is 15.5 Å². The summed E-state index contributed by atoms with van der Waals surface area (Å²) in [6.07, 6.45) is 1.55. The Hall–Kier alpha value is -1.61. The predicted molar refractivity (Wildman–Crippen MR) is 119 cm³/mol. The highest BCUT2D eigenvalue weighted by Gasteiger charge is 2.39. The molecule has 0 spiro atoms. The van der Waals surface area contributed by atoms with Crippen molar-refractivity contribution in [2.75, 3.05) is 57.8 Å². The highest BCUT2D eigenvalue weighted by Crippen LogP contribution is 2.22. The molecular weight excluding hydrogens is 434 g/mol. The minimum atomic E-state index is -0.783. The van der Waals surface area contributed by atoms with Gasteiger partial charge in [-0.15, -0.1) is 24.8 Å². The maximum absolute atomic E-state index is 13.1. The standard InChI is InChI=1S/C20H29FN4O3.2ClH/c1-28-20(7-10-22-11-8-20)19(27)23-9-6-18(26)25-14-12-24(13-15-25)17-4-2-16(21)3-5-17;;/h2-5,22H,6-15H2,1H3,(H,23,27);2*1H. The van der Waals surface area contributed by atoms with Gasteiger partial charge in [-0.1, -0.05) is 0 Å². The molecule has 1 aromatic rings. The summed E-state index contributed by atoms with van der Waals surface area (Å²) in [5.41, 5.74) is 0.183. The van der Waals surface area contributed by atoms with Crippen LogP contribution in [0.3, 0.4) is 0 Å². The molecule has 170 valence electrons. The van der Waals surface area contributed by atoms with Crippen LogP contribution in [0.5, 0.6) is 0 Å². The molecule has 0 aromatic heterocycles. The Morgan fingerprint density at radius 3 is 2.27 bits per heavy atom. The number of ether oxygens (including phenoxy) is 1. The van der Waals surface area contributed by atoms with E-state index in [-0.39, 0.29) is 48.9 Å². The van der Waals surface area contributed by atoms with Crippen LogP contribution in [0, 0.1) is 5.82 Å². The zero-order chi connectivity index (χ0) is 20.0. The summed E-state index contributed by atoms with van der Waals surface area (Å²) in [5, 5.41) is 6.09. The molecule has 2 aliphatic heterocycles. The molecule has 0 unspecified atom stereocenters. The van der Waals surface area contributed by atoms with E-state index in [9.17, 15) is 14.0 Å². The van der Waals surface area contributed by atoms with Gasteiger partial charge in [-0.05, 0) is 50.2 Å². The van der Waals surface area contributed by atoms with Crippen molar-refractivity contribution < 1.29 is 18.7 Å². The van der Waals surface area contributed by atoms with E-state index >= 15 is 0 Å². The first-order valence-electron chi connectivity index (χ1n) is 9.86. The molecule has 1 aromatic carbocycles. The van der Waals surface area contributed by atoms with Crippen molar-refractivity contribution in [3.8, 4) is 0 Å². The average molecular weight is 465 g/mol. The van der Waals surface area contributed by atoms with Crippen LogP contribution < -0.4 is 15.5 Å². The second kappa shape index (κ2) is 12.3. The van der Waals surface area contributed by atoms with E-state index in [0.717, 1.165) is 18.8 Å². The summed E-state index contributed by atoms with van der Waals surface area (Å²) in [6.45, 7) is 4.48. The number of nitrogens with zero attached hydrogens (tertiary/aromatic N) is 2. The van der Waals surface area contributed by atoms with Gasteiger partial charge >= 0.3 is 0 Å². The largest absolute Gasteiger partial charge is 0.368 e. The number of piperazine rings is 1. The lowest BCUT2D eigenvalue weighted by Gasteiger charge is -2.36. The summed E-state index contributed by atoms with van der Waals surface area (Å²) in [5.74, 6) is -0.347. The van der Waals surface area contributed by atoms with Crippen LogP contribution in [-0.2, 0) is 14.3 Å². The molecule has 30 heavy (non-hydrogen) atoms. The number of amides is 2. The summed E-state index contributed by atoms with van der Waals surface area (Å²) >= 11 is 0. The number of carbonyl (C=O) groups is 2. The summed E-state index contributed by atoms with van der Waals surface area (Å²) in [4.78, 5) is 28.9. The number of methoxy groups -OCH3 is 1. The number of rotatable bonds is 6. The van der Waals surface area contributed by atoms with E-state index < -0.39 is 5.60 Å². The highest BCUT2D eigenvalue weighted by atomic mass is 35.5. The summed E-state index contributed by atoms with van der Waals surface area (Å²) in [6, 6.07) is 6.42. The van der Waals surface area contributed by atoms with Crippen LogP contribution in [0.1, 0.15) is 19.3 Å². The zero-order valence-corrected chi connectivity index (χ0v) is 18.8. The van der Waals surface area contributed by atoms with Crippen molar-refractivity contribution in [1.29, 1.82) is 0 Å². The third-order valence-electron chi connectivity index (χ3n) is 5.66. The van der Waals surface area contributed by atoms with Gasteiger partial charge in [-0.25, -0.2) is 4.39 Å². The van der Waals surface area contributed by atoms with Gasteiger partial charge in [0.25, 0.3) is 5.91 Å². The van der Waals surface area contributed by atoms with E-state index in [2.05, 4.69) is 15.5 Å². The molecule has 10 heteroatoms. The summed E-state index contributed by atoms with van der Waals surface area (Å²) < 4.78 is 18.5. The highest BCUT2D eigenvalue weighted by molar-refractivity contribution is 5.86. The second-order valence-electron chi connectivity index (χ2n) is 7.30. The molecule has 0 bridgehead atoms. The normalized spacial score (nSPS) is 18.1. The van der Waals surface area contributed by atoms with Gasteiger partial charge in [0.05, 0.1) is 0 Å². The number of hydrogen-bond acceptors (Lipinski definition) is 5. The number of benzene rings is 1. The van der Waals surface area contributed by atoms with Crippen LogP contribution in [0.2, 0.25) is 0 Å². The molecule has 3 rings (SSSR count). The second-order valence-corrected chi connectivity index (χ2v) is 7.30. The van der Waals surface area contributed by atoms with Crippen LogP contribution in [-0.4, -0.2) is 75.2 Å². The third kappa shape index (κ3) is 6.44. The van der Waals surface area contributed by atoms with Crippen LogP contribution in [0.4, 0.5) is 10.1 Å². The molecule has 2 amide bonds. The lowest BCUT2D eigenvalue weighted by Crippen LogP contribution is -2.54. The molecular formula is C20H31Cl2FN4O3. The smallest absolute Gasteiger partial charge is 0.252 e. The van der Waals surface area contributed by atoms with Gasteiger partial charge in [0.15, 0.2) is 0 Å². The molecule has 0 aliphatic carbocycles. The van der Waals surface area contributed by atoms with E-state index in [4.69, 9.17) is 4.74 Å². The lowest BCUT2D eigenvalue weighted by molar-refractivity contribution is -0.146. The fourth-order valence-electron chi connectivity index (χ4n) is 3.82. The quantitative estimate of drug-likeness (QED) is 0.668. The first-order chi connectivity index (χ1) is 13.5. The molecule has 2 N–H and O–H groups in total. The Kier molecular flexibility index (Phi) is 10.8. The van der Waals surface area contributed by atoms with Gasteiger partial charge in [-0.2, -0.15) is 0 Å². The number of anilines is 1. The Morgan fingerprint density at radius 2 is 1.70 bits per heavy atom. The molecule has 2 saturated heterocycles. The van der Waals surface area contributed by atoms with Gasteiger partial charge in [-0.3, -0.25) is 9.59 Å². The van der Waals surface area contributed by atoms with Crippen molar-refractivity contribution in [2.45, 2.75) is 24.9 Å². The SMILES string of the molecule is COC1(C(=O)NCCC(=O)N2CCN(c3ccc(F)cc3)CC2)CCNCC1.Cl.Cl. The first kappa shape index (κ1) is 26.4. The minimum Gasteiger partial charge on any atom is -0.368 e. The van der Waals surface area contributed by atoms with Gasteiger partial charge in [0.1, 0.15) is 11.4 Å². The van der Waals surface area contributed by atoms with Crippen LogP contribution in [0.15, 0.2) is 24.3 Å².